The highest BCUT2D eigenvalue weighted by molar-refractivity contribution is 5.84. The Kier molecular flexibility index (Phi) is 13.2. The van der Waals surface area contributed by atoms with E-state index < -0.39 is 97.0 Å². The summed E-state index contributed by atoms with van der Waals surface area (Å²) in [6.45, 7) is 2.77. The van der Waals surface area contributed by atoms with Gasteiger partial charge in [0.1, 0.15) is 48.1 Å². The van der Waals surface area contributed by atoms with Crippen LogP contribution in [-0.2, 0) is 23.7 Å². The number of amidine groups is 1. The van der Waals surface area contributed by atoms with Gasteiger partial charge in [0.2, 0.25) is 0 Å². The minimum atomic E-state index is -1.65. The van der Waals surface area contributed by atoms with Gasteiger partial charge in [-0.3, -0.25) is 9.79 Å². The van der Waals surface area contributed by atoms with Gasteiger partial charge >= 0.3 is 0 Å². The number of aliphatic imine (C=N–C) groups is 1. The van der Waals surface area contributed by atoms with Gasteiger partial charge in [0.25, 0.3) is 5.91 Å². The molecule has 0 bridgehead atoms. The SMILES string of the molecule is CN[C@@H]1C(O)[C@@H](OC2C(O)C(O[C@H]3O[C@H](CN=C(N)C(C)O)CCC3N)[C@@H](N)C[C@H]2NC(=O)[C@@H](O)[C@H](N)CN)OCC1(C)O. The summed E-state index contributed by atoms with van der Waals surface area (Å²) in [7, 11) is 1.55. The molecule has 2 saturated heterocycles. The van der Waals surface area contributed by atoms with E-state index in [4.69, 9.17) is 47.6 Å². The summed E-state index contributed by atoms with van der Waals surface area (Å²) < 4.78 is 23.9. The molecule has 44 heavy (non-hydrogen) atoms. The molecule has 15 atom stereocenters. The molecular weight excluding hydrogens is 584 g/mol. The maximum atomic E-state index is 12.8. The minimum Gasteiger partial charge on any atom is -0.388 e. The van der Waals surface area contributed by atoms with Crippen molar-refractivity contribution in [2.45, 2.75) is 124 Å². The van der Waals surface area contributed by atoms with Gasteiger partial charge in [0.05, 0.1) is 43.4 Å². The number of rotatable bonds is 12. The molecule has 3 fully saturated rings. The van der Waals surface area contributed by atoms with E-state index in [-0.39, 0.29) is 32.0 Å². The van der Waals surface area contributed by atoms with Gasteiger partial charge in [-0.25, -0.2) is 0 Å². The Morgan fingerprint density at radius 3 is 2.39 bits per heavy atom. The van der Waals surface area contributed by atoms with Gasteiger partial charge in [-0.2, -0.15) is 0 Å². The number of amides is 1. The fraction of sp³-hybridized carbons (Fsp3) is 0.923. The molecule has 3 rings (SSSR count). The lowest BCUT2D eigenvalue weighted by molar-refractivity contribution is -0.307. The van der Waals surface area contributed by atoms with Crippen molar-refractivity contribution in [1.29, 1.82) is 0 Å². The lowest BCUT2D eigenvalue weighted by Gasteiger charge is -2.49. The van der Waals surface area contributed by atoms with Crippen LogP contribution in [-0.4, -0.2) is 155 Å². The average molecular weight is 637 g/mol. The number of likely N-dealkylation sites (N-methyl/N-ethyl adjacent to an activating group) is 1. The predicted octanol–water partition coefficient (Wildman–Crippen LogP) is -6.39. The molecule has 18 nitrogen and oxygen atoms in total. The summed E-state index contributed by atoms with van der Waals surface area (Å²) in [5.74, 6) is -0.801. The molecule has 0 aromatic heterocycles. The number of aliphatic hydroxyl groups excluding tert-OH is 4. The number of nitrogens with one attached hydrogen (secondary N) is 2. The number of nitrogens with two attached hydrogens (primary N) is 5. The maximum Gasteiger partial charge on any atom is 0.250 e. The third-order valence-corrected chi connectivity index (χ3v) is 8.42. The average Bonchev–Trinajstić information content (AvgIpc) is 2.97. The van der Waals surface area contributed by atoms with Crippen molar-refractivity contribution in [2.24, 2.45) is 33.7 Å². The van der Waals surface area contributed by atoms with Crippen molar-refractivity contribution in [3.8, 4) is 0 Å². The Bertz CT molecular complexity index is 964. The van der Waals surface area contributed by atoms with Crippen molar-refractivity contribution in [3.05, 3.63) is 0 Å². The first-order valence-corrected chi connectivity index (χ1v) is 14.9. The Hall–Kier alpha value is -1.62. The molecule has 17 N–H and O–H groups in total. The second-order valence-electron chi connectivity index (χ2n) is 12.2. The molecule has 1 aliphatic carbocycles. The Labute approximate surface area is 256 Å². The molecule has 18 heteroatoms. The number of carbonyl (C=O) groups is 1. The molecule has 0 radical (unpaired) electrons. The summed E-state index contributed by atoms with van der Waals surface area (Å²) in [4.78, 5) is 17.0. The maximum absolute atomic E-state index is 12.8. The predicted molar refractivity (Wildman–Crippen MR) is 157 cm³/mol. The first kappa shape index (κ1) is 36.8. The summed E-state index contributed by atoms with van der Waals surface area (Å²) in [5.41, 5.74) is 28.3. The summed E-state index contributed by atoms with van der Waals surface area (Å²) in [6, 6.07) is -4.35. The van der Waals surface area contributed by atoms with Gasteiger partial charge in [0, 0.05) is 12.6 Å². The second-order valence-corrected chi connectivity index (χ2v) is 12.2. The third kappa shape index (κ3) is 8.80. The van der Waals surface area contributed by atoms with Crippen LogP contribution in [0, 0.1) is 0 Å². The van der Waals surface area contributed by atoms with Gasteiger partial charge in [-0.15, -0.1) is 0 Å². The van der Waals surface area contributed by atoms with E-state index in [1.54, 1.807) is 7.05 Å². The van der Waals surface area contributed by atoms with E-state index >= 15 is 0 Å². The zero-order valence-corrected chi connectivity index (χ0v) is 25.4. The second kappa shape index (κ2) is 15.8. The van der Waals surface area contributed by atoms with Crippen LogP contribution >= 0.6 is 0 Å². The molecule has 7 unspecified atom stereocenters. The number of hydrogen-bond donors (Lipinski definition) is 12. The van der Waals surface area contributed by atoms with Gasteiger partial charge < -0.3 is 83.8 Å². The quantitative estimate of drug-likeness (QED) is 0.0700. The van der Waals surface area contributed by atoms with E-state index in [1.807, 2.05) is 0 Å². The largest absolute Gasteiger partial charge is 0.388 e. The number of ether oxygens (including phenoxy) is 4. The normalized spacial score (nSPS) is 42.4. The van der Waals surface area contributed by atoms with E-state index in [0.717, 1.165) is 0 Å². The smallest absolute Gasteiger partial charge is 0.250 e. The van der Waals surface area contributed by atoms with Crippen LogP contribution in [0.3, 0.4) is 0 Å². The molecule has 2 heterocycles. The van der Waals surface area contributed by atoms with Crippen molar-refractivity contribution < 1.29 is 49.3 Å². The van der Waals surface area contributed by atoms with E-state index in [0.29, 0.717) is 12.8 Å². The number of hydrogen-bond acceptors (Lipinski definition) is 16. The minimum absolute atomic E-state index is 0.000689. The standard InChI is InChI=1S/C26H52N8O10/c1-10(35)22(31)33-8-11-4-5-12(28)24(42-11)43-19-13(29)6-15(34-23(39)16(36)14(30)7-27)20(17(19)37)44-25-18(38)21(32-3)26(2,40)9-41-25/h10-21,24-25,32,35-38,40H,4-9,27-30H2,1-3H3,(H2,31,33)(H,34,39)/t10?,11-,12?,13-,14+,15+,16-,17?,18?,19?,20?,21+,24+,25+,26?/m0/s1. The fourth-order valence-corrected chi connectivity index (χ4v) is 5.68. The number of aliphatic hydroxyl groups is 5. The van der Waals surface area contributed by atoms with Crippen molar-refractivity contribution in [1.82, 2.24) is 10.6 Å². The molecule has 0 spiro atoms. The van der Waals surface area contributed by atoms with Crippen LogP contribution < -0.4 is 39.3 Å². The topological polar surface area (TPSA) is 322 Å². The van der Waals surface area contributed by atoms with E-state index in [9.17, 15) is 30.3 Å². The molecular formula is C26H52N8O10. The van der Waals surface area contributed by atoms with E-state index in [2.05, 4.69) is 15.6 Å². The third-order valence-electron chi connectivity index (χ3n) is 8.42. The Morgan fingerprint density at radius 2 is 1.77 bits per heavy atom. The Morgan fingerprint density at radius 1 is 1.11 bits per heavy atom. The molecule has 2 aliphatic heterocycles. The zero-order chi connectivity index (χ0) is 32.9. The van der Waals surface area contributed by atoms with Gasteiger partial charge in [-0.05, 0) is 40.2 Å². The lowest BCUT2D eigenvalue weighted by Crippen LogP contribution is -2.70. The van der Waals surface area contributed by atoms with Gasteiger partial charge in [0.15, 0.2) is 12.6 Å². The van der Waals surface area contributed by atoms with E-state index in [1.165, 1.54) is 13.8 Å². The van der Waals surface area contributed by atoms with Crippen molar-refractivity contribution >= 4 is 11.7 Å². The highest BCUT2D eigenvalue weighted by Gasteiger charge is 2.52. The van der Waals surface area contributed by atoms with Crippen LogP contribution in [0.25, 0.3) is 0 Å². The fourth-order valence-electron chi connectivity index (χ4n) is 5.68. The van der Waals surface area contributed by atoms with Crippen LogP contribution in [0.4, 0.5) is 0 Å². The van der Waals surface area contributed by atoms with Crippen molar-refractivity contribution in [2.75, 3.05) is 26.7 Å². The summed E-state index contributed by atoms with van der Waals surface area (Å²) in [5, 5.41) is 58.6. The molecule has 1 saturated carbocycles. The summed E-state index contributed by atoms with van der Waals surface area (Å²) in [6.07, 6.45) is -9.59. The van der Waals surface area contributed by atoms with Crippen LogP contribution in [0.5, 0.6) is 0 Å². The zero-order valence-electron chi connectivity index (χ0n) is 25.4. The molecule has 3 aliphatic rings. The van der Waals surface area contributed by atoms with Gasteiger partial charge in [-0.1, -0.05) is 0 Å². The monoisotopic (exact) mass is 636 g/mol. The van der Waals surface area contributed by atoms with Crippen LogP contribution in [0.15, 0.2) is 4.99 Å². The van der Waals surface area contributed by atoms with Crippen LogP contribution in [0.2, 0.25) is 0 Å². The molecule has 0 aromatic rings. The van der Waals surface area contributed by atoms with Crippen LogP contribution in [0.1, 0.15) is 33.1 Å². The first-order valence-electron chi connectivity index (χ1n) is 14.9. The number of carbonyl (C=O) groups excluding carboxylic acids is 1. The summed E-state index contributed by atoms with van der Waals surface area (Å²) >= 11 is 0. The lowest BCUT2D eigenvalue weighted by atomic mass is 9.83. The Balaban J connectivity index is 1.81. The molecule has 0 aromatic carbocycles. The molecule has 256 valence electrons. The molecule has 1 amide bonds. The first-order chi connectivity index (χ1) is 20.6. The number of nitrogens with zero attached hydrogens (tertiary/aromatic N) is 1. The van der Waals surface area contributed by atoms with Crippen molar-refractivity contribution in [3.63, 3.8) is 0 Å². The highest BCUT2D eigenvalue weighted by Crippen LogP contribution is 2.32. The highest BCUT2D eigenvalue weighted by atomic mass is 16.7.